The second-order valence-corrected chi connectivity index (χ2v) is 5.58. The number of aromatic nitrogens is 1. The molecule has 0 radical (unpaired) electrons. The molecule has 0 aromatic carbocycles. The first-order valence-electron chi connectivity index (χ1n) is 6.65. The van der Waals surface area contributed by atoms with Crippen LogP contribution in [0.3, 0.4) is 0 Å². The molecule has 0 bridgehead atoms. The Labute approximate surface area is 117 Å². The van der Waals surface area contributed by atoms with Gasteiger partial charge in [0.1, 0.15) is 5.15 Å². The van der Waals surface area contributed by atoms with E-state index in [9.17, 15) is 4.79 Å². The van der Waals surface area contributed by atoms with Gasteiger partial charge in [0, 0.05) is 24.8 Å². The van der Waals surface area contributed by atoms with Gasteiger partial charge in [0.15, 0.2) is 0 Å². The highest BCUT2D eigenvalue weighted by atomic mass is 35.5. The number of halogens is 1. The van der Waals surface area contributed by atoms with E-state index in [1.54, 1.807) is 12.1 Å². The molecule has 1 saturated heterocycles. The zero-order chi connectivity index (χ0) is 13.2. The number of hydrogen-bond donors (Lipinski definition) is 3. The van der Waals surface area contributed by atoms with Gasteiger partial charge >= 0.3 is 0 Å². The predicted octanol–water partition coefficient (Wildman–Crippen LogP) is 1.11. The van der Waals surface area contributed by atoms with E-state index in [-0.39, 0.29) is 11.9 Å². The van der Waals surface area contributed by atoms with Gasteiger partial charge in [-0.15, -0.1) is 0 Å². The van der Waals surface area contributed by atoms with Crippen molar-refractivity contribution in [1.29, 1.82) is 0 Å². The Hall–Kier alpha value is -1.17. The molecule has 102 valence electrons. The fraction of sp³-hybridized carbons (Fsp3) is 0.538. The number of fused-ring (bicyclic) bond motifs is 1. The van der Waals surface area contributed by atoms with Gasteiger partial charge in [-0.3, -0.25) is 15.6 Å². The molecule has 2 heterocycles. The molecule has 3 atom stereocenters. The van der Waals surface area contributed by atoms with E-state index in [4.69, 9.17) is 11.6 Å². The molecular weight excluding hydrogens is 264 g/mol. The molecule has 1 aromatic heterocycles. The minimum atomic E-state index is -0.0801. The Morgan fingerprint density at radius 1 is 1.42 bits per heavy atom. The summed E-state index contributed by atoms with van der Waals surface area (Å²) in [6.45, 7) is 0.986. The summed E-state index contributed by atoms with van der Waals surface area (Å²) in [6, 6.07) is 3.84. The van der Waals surface area contributed by atoms with E-state index < -0.39 is 0 Å². The van der Waals surface area contributed by atoms with Crippen molar-refractivity contribution in [2.75, 3.05) is 6.54 Å². The number of rotatable bonds is 2. The van der Waals surface area contributed by atoms with Gasteiger partial charge in [-0.1, -0.05) is 18.0 Å². The van der Waals surface area contributed by atoms with Crippen molar-refractivity contribution in [2.45, 2.75) is 31.3 Å². The molecule has 2 aliphatic rings. The Balaban J connectivity index is 1.67. The highest BCUT2D eigenvalue weighted by Gasteiger charge is 2.37. The van der Waals surface area contributed by atoms with Crippen molar-refractivity contribution in [3.05, 3.63) is 29.0 Å². The van der Waals surface area contributed by atoms with Crippen molar-refractivity contribution < 1.29 is 4.79 Å². The number of hydrazine groups is 1. The number of hydrogen-bond acceptors (Lipinski definition) is 4. The molecule has 3 rings (SSSR count). The molecule has 0 spiro atoms. The van der Waals surface area contributed by atoms with Crippen LogP contribution in [0, 0.1) is 5.92 Å². The molecule has 6 heteroatoms. The lowest BCUT2D eigenvalue weighted by molar-refractivity contribution is 0.0909. The summed E-state index contributed by atoms with van der Waals surface area (Å²) in [6.07, 6.45) is 4.91. The number of carbonyl (C=O) groups is 1. The van der Waals surface area contributed by atoms with Gasteiger partial charge in [0.2, 0.25) is 0 Å². The van der Waals surface area contributed by atoms with Crippen molar-refractivity contribution in [1.82, 2.24) is 21.2 Å². The van der Waals surface area contributed by atoms with Crippen LogP contribution >= 0.6 is 11.6 Å². The van der Waals surface area contributed by atoms with Crippen molar-refractivity contribution in [3.8, 4) is 0 Å². The summed E-state index contributed by atoms with van der Waals surface area (Å²) < 4.78 is 0. The van der Waals surface area contributed by atoms with Gasteiger partial charge in [-0.05, 0) is 30.9 Å². The fourth-order valence-electron chi connectivity index (χ4n) is 2.97. The van der Waals surface area contributed by atoms with Crippen LogP contribution < -0.4 is 16.2 Å². The lowest BCUT2D eigenvalue weighted by atomic mass is 9.82. The van der Waals surface area contributed by atoms with Gasteiger partial charge in [0.05, 0.1) is 5.56 Å². The van der Waals surface area contributed by atoms with E-state index in [2.05, 4.69) is 21.2 Å². The quantitative estimate of drug-likeness (QED) is 0.710. The minimum absolute atomic E-state index is 0.0801. The average Bonchev–Trinajstić information content (AvgIpc) is 2.89. The molecule has 3 N–H and O–H groups in total. The van der Waals surface area contributed by atoms with Crippen molar-refractivity contribution >= 4 is 17.5 Å². The lowest BCUT2D eigenvalue weighted by Gasteiger charge is -2.33. The van der Waals surface area contributed by atoms with Crippen LogP contribution in [0.2, 0.25) is 5.15 Å². The Bertz CT molecular complexity index is 464. The first-order chi connectivity index (χ1) is 9.24. The largest absolute Gasteiger partial charge is 0.348 e. The number of carbonyl (C=O) groups excluding carboxylic acids is 1. The van der Waals surface area contributed by atoms with E-state index in [0.29, 0.717) is 22.7 Å². The summed E-state index contributed by atoms with van der Waals surface area (Å²) >= 11 is 5.72. The summed E-state index contributed by atoms with van der Waals surface area (Å²) in [5, 5.41) is 3.50. The maximum Gasteiger partial charge on any atom is 0.253 e. The first kappa shape index (κ1) is 12.8. The van der Waals surface area contributed by atoms with E-state index in [0.717, 1.165) is 19.4 Å². The molecule has 1 aliphatic heterocycles. The molecule has 5 nitrogen and oxygen atoms in total. The monoisotopic (exact) mass is 280 g/mol. The van der Waals surface area contributed by atoms with E-state index >= 15 is 0 Å². The van der Waals surface area contributed by atoms with Crippen LogP contribution in [0.5, 0.6) is 0 Å². The van der Waals surface area contributed by atoms with Gasteiger partial charge in [-0.25, -0.2) is 4.98 Å². The SMILES string of the molecule is O=C(NC1CCCC2CNNC21)c1ccc(Cl)nc1. The molecule has 19 heavy (non-hydrogen) atoms. The van der Waals surface area contributed by atoms with Crippen LogP contribution in [0.1, 0.15) is 29.6 Å². The average molecular weight is 281 g/mol. The zero-order valence-corrected chi connectivity index (χ0v) is 11.3. The number of amides is 1. The third-order valence-corrected chi connectivity index (χ3v) is 4.19. The van der Waals surface area contributed by atoms with Crippen LogP contribution in [-0.2, 0) is 0 Å². The molecular formula is C13H17ClN4O. The maximum absolute atomic E-state index is 12.2. The minimum Gasteiger partial charge on any atom is -0.348 e. The lowest BCUT2D eigenvalue weighted by Crippen LogP contribution is -2.53. The molecule has 2 fully saturated rings. The normalized spacial score (nSPS) is 29.8. The number of nitrogens with zero attached hydrogens (tertiary/aromatic N) is 1. The van der Waals surface area contributed by atoms with Crippen LogP contribution in [0.4, 0.5) is 0 Å². The zero-order valence-electron chi connectivity index (χ0n) is 10.5. The molecule has 1 aromatic rings. The van der Waals surface area contributed by atoms with E-state index in [1.807, 2.05) is 0 Å². The first-order valence-corrected chi connectivity index (χ1v) is 7.02. The molecule has 1 amide bonds. The third kappa shape index (κ3) is 2.73. The van der Waals surface area contributed by atoms with Crippen molar-refractivity contribution in [2.24, 2.45) is 5.92 Å². The number of pyridine rings is 1. The molecule has 1 saturated carbocycles. The highest BCUT2D eigenvalue weighted by Crippen LogP contribution is 2.26. The van der Waals surface area contributed by atoms with Crippen LogP contribution in [0.15, 0.2) is 18.3 Å². The Morgan fingerprint density at radius 3 is 3.11 bits per heavy atom. The second-order valence-electron chi connectivity index (χ2n) is 5.19. The topological polar surface area (TPSA) is 66.1 Å². The Morgan fingerprint density at radius 2 is 2.32 bits per heavy atom. The van der Waals surface area contributed by atoms with E-state index in [1.165, 1.54) is 12.6 Å². The number of nitrogens with one attached hydrogen (secondary N) is 3. The second kappa shape index (κ2) is 5.45. The summed E-state index contributed by atoms with van der Waals surface area (Å²) in [7, 11) is 0. The summed E-state index contributed by atoms with van der Waals surface area (Å²) in [4.78, 5) is 16.1. The summed E-state index contributed by atoms with van der Waals surface area (Å²) in [5.41, 5.74) is 7.01. The van der Waals surface area contributed by atoms with Gasteiger partial charge in [-0.2, -0.15) is 0 Å². The fourth-order valence-corrected chi connectivity index (χ4v) is 3.08. The molecule has 3 unspecified atom stereocenters. The van der Waals surface area contributed by atoms with Crippen molar-refractivity contribution in [3.63, 3.8) is 0 Å². The molecule has 1 aliphatic carbocycles. The van der Waals surface area contributed by atoms with Gasteiger partial charge < -0.3 is 5.32 Å². The van der Waals surface area contributed by atoms with Gasteiger partial charge in [0.25, 0.3) is 5.91 Å². The van der Waals surface area contributed by atoms with Crippen LogP contribution in [-0.4, -0.2) is 29.5 Å². The standard InChI is InChI=1S/C13H17ClN4O/c14-11-5-4-9(6-15-11)13(19)17-10-3-1-2-8-7-16-18-12(8)10/h4-6,8,10,12,16,18H,1-3,7H2,(H,17,19). The highest BCUT2D eigenvalue weighted by molar-refractivity contribution is 6.29. The predicted molar refractivity (Wildman–Crippen MR) is 72.8 cm³/mol. The maximum atomic E-state index is 12.2. The summed E-state index contributed by atoms with van der Waals surface area (Å²) in [5.74, 6) is 0.533. The Kier molecular flexibility index (Phi) is 3.68. The van der Waals surface area contributed by atoms with Crippen LogP contribution in [0.25, 0.3) is 0 Å². The smallest absolute Gasteiger partial charge is 0.253 e. The third-order valence-electron chi connectivity index (χ3n) is 3.97.